The molecule has 0 amide bonds. The summed E-state index contributed by atoms with van der Waals surface area (Å²) in [4.78, 5) is 0. The highest BCUT2D eigenvalue weighted by Gasteiger charge is 2.43. The van der Waals surface area contributed by atoms with Crippen molar-refractivity contribution in [3.8, 4) is 0 Å². The van der Waals surface area contributed by atoms with Gasteiger partial charge in [-0.2, -0.15) is 18.3 Å². The second-order valence-corrected chi connectivity index (χ2v) is 7.42. The van der Waals surface area contributed by atoms with Crippen molar-refractivity contribution in [2.24, 2.45) is 0 Å². The third-order valence-corrected chi connectivity index (χ3v) is 4.64. The molecule has 1 saturated heterocycles. The maximum Gasteiger partial charge on any atom is 0.435 e. The number of nitrogens with zero attached hydrogens (tertiary/aromatic N) is 2. The lowest BCUT2D eigenvalue weighted by Gasteiger charge is -2.36. The maximum absolute atomic E-state index is 13.1. The molecule has 3 rings (SSSR count). The van der Waals surface area contributed by atoms with E-state index < -0.39 is 23.2 Å². The third-order valence-electron chi connectivity index (χ3n) is 4.64. The molecule has 23 heavy (non-hydrogen) atoms. The summed E-state index contributed by atoms with van der Waals surface area (Å²) >= 11 is 0. The van der Waals surface area contributed by atoms with E-state index in [0.29, 0.717) is 31.7 Å². The lowest BCUT2D eigenvalue weighted by Crippen LogP contribution is -2.36. The fourth-order valence-corrected chi connectivity index (χ4v) is 3.50. The monoisotopic (exact) mass is 332 g/mol. The summed E-state index contributed by atoms with van der Waals surface area (Å²) in [5, 5.41) is 3.85. The molecule has 1 aliphatic heterocycles. The minimum Gasteiger partial charge on any atom is -0.348 e. The van der Waals surface area contributed by atoms with Crippen LogP contribution in [-0.2, 0) is 21.2 Å². The Labute approximate surface area is 133 Å². The molecule has 0 atom stereocenters. The van der Waals surface area contributed by atoms with Crippen molar-refractivity contribution >= 4 is 0 Å². The van der Waals surface area contributed by atoms with Crippen LogP contribution in [0.3, 0.4) is 0 Å². The van der Waals surface area contributed by atoms with E-state index in [2.05, 4.69) is 5.10 Å². The van der Waals surface area contributed by atoms with Crippen molar-refractivity contribution in [1.29, 1.82) is 0 Å². The molecular weight excluding hydrogens is 309 g/mol. The zero-order valence-electron chi connectivity index (χ0n) is 13.7. The van der Waals surface area contributed by atoms with Crippen molar-refractivity contribution in [3.63, 3.8) is 0 Å². The third kappa shape index (κ3) is 3.26. The summed E-state index contributed by atoms with van der Waals surface area (Å²) < 4.78 is 52.1. The first-order valence-corrected chi connectivity index (χ1v) is 8.06. The first-order chi connectivity index (χ1) is 10.6. The number of halogens is 3. The average Bonchev–Trinajstić information content (AvgIpc) is 3.06. The maximum atomic E-state index is 13.1. The van der Waals surface area contributed by atoms with E-state index in [1.54, 1.807) is 0 Å². The fraction of sp³-hybridized carbons (Fsp3) is 0.812. The summed E-state index contributed by atoms with van der Waals surface area (Å²) in [6, 6.07) is 1.21. The van der Waals surface area contributed by atoms with E-state index in [0.717, 1.165) is 12.8 Å². The van der Waals surface area contributed by atoms with E-state index in [4.69, 9.17) is 9.47 Å². The number of aromatic nitrogens is 2. The smallest absolute Gasteiger partial charge is 0.348 e. The largest absolute Gasteiger partial charge is 0.435 e. The van der Waals surface area contributed by atoms with Crippen LogP contribution < -0.4 is 0 Å². The Morgan fingerprint density at radius 2 is 1.70 bits per heavy atom. The lowest BCUT2D eigenvalue weighted by atomic mass is 9.82. The van der Waals surface area contributed by atoms with Gasteiger partial charge in [-0.05, 0) is 39.7 Å². The quantitative estimate of drug-likeness (QED) is 0.778. The van der Waals surface area contributed by atoms with E-state index in [9.17, 15) is 13.2 Å². The molecule has 0 bridgehead atoms. The van der Waals surface area contributed by atoms with Crippen LogP contribution in [0.5, 0.6) is 0 Å². The van der Waals surface area contributed by atoms with Gasteiger partial charge in [0, 0.05) is 24.5 Å². The Morgan fingerprint density at radius 1 is 1.13 bits per heavy atom. The molecule has 1 aliphatic carbocycles. The lowest BCUT2D eigenvalue weighted by molar-refractivity contribution is -0.179. The topological polar surface area (TPSA) is 36.3 Å². The van der Waals surface area contributed by atoms with E-state index in [1.165, 1.54) is 10.7 Å². The van der Waals surface area contributed by atoms with Crippen LogP contribution in [0, 0.1) is 0 Å². The van der Waals surface area contributed by atoms with E-state index in [1.807, 2.05) is 20.8 Å². The van der Waals surface area contributed by atoms with Crippen LogP contribution in [0.4, 0.5) is 13.2 Å². The highest BCUT2D eigenvalue weighted by atomic mass is 19.4. The molecule has 130 valence electrons. The number of ether oxygens (including phenoxy) is 2. The number of hydrogen-bond donors (Lipinski definition) is 0. The Balaban J connectivity index is 1.86. The van der Waals surface area contributed by atoms with Gasteiger partial charge in [0.2, 0.25) is 0 Å². The molecule has 2 fully saturated rings. The van der Waals surface area contributed by atoms with Gasteiger partial charge in [-0.15, -0.1) is 0 Å². The van der Waals surface area contributed by atoms with Crippen LogP contribution in [0.15, 0.2) is 6.07 Å². The van der Waals surface area contributed by atoms with Crippen LogP contribution in [0.2, 0.25) is 0 Å². The molecule has 2 aliphatic rings. The molecule has 1 saturated carbocycles. The van der Waals surface area contributed by atoms with E-state index in [-0.39, 0.29) is 5.92 Å². The zero-order valence-corrected chi connectivity index (χ0v) is 13.7. The second kappa shape index (κ2) is 5.48. The summed E-state index contributed by atoms with van der Waals surface area (Å²) in [6.07, 6.45) is -1.49. The van der Waals surface area contributed by atoms with Gasteiger partial charge in [0.25, 0.3) is 0 Å². The van der Waals surface area contributed by atoms with Crippen molar-refractivity contribution in [1.82, 2.24) is 9.78 Å². The van der Waals surface area contributed by atoms with Crippen molar-refractivity contribution < 1.29 is 22.6 Å². The minimum atomic E-state index is -4.42. The number of alkyl halides is 3. The van der Waals surface area contributed by atoms with Gasteiger partial charge in [0.05, 0.1) is 18.8 Å². The molecule has 2 heterocycles. The summed E-state index contributed by atoms with van der Waals surface area (Å²) in [7, 11) is 0. The molecule has 0 unspecified atom stereocenters. The summed E-state index contributed by atoms with van der Waals surface area (Å²) in [5.74, 6) is -0.452. The molecule has 0 radical (unpaired) electrons. The molecule has 7 heteroatoms. The van der Waals surface area contributed by atoms with Crippen LogP contribution in [0.1, 0.15) is 63.8 Å². The second-order valence-electron chi connectivity index (χ2n) is 7.42. The average molecular weight is 332 g/mol. The molecule has 1 aromatic rings. The first kappa shape index (κ1) is 16.8. The molecule has 1 spiro atoms. The van der Waals surface area contributed by atoms with Gasteiger partial charge in [0.15, 0.2) is 11.5 Å². The zero-order chi connectivity index (χ0) is 16.9. The first-order valence-electron chi connectivity index (χ1n) is 8.06. The Hall–Kier alpha value is -1.08. The van der Waals surface area contributed by atoms with Crippen LogP contribution in [0.25, 0.3) is 0 Å². The van der Waals surface area contributed by atoms with E-state index >= 15 is 0 Å². The van der Waals surface area contributed by atoms with Gasteiger partial charge in [-0.3, -0.25) is 4.68 Å². The fourth-order valence-electron chi connectivity index (χ4n) is 3.50. The Kier molecular flexibility index (Phi) is 3.99. The minimum absolute atomic E-state index is 0.0521. The highest BCUT2D eigenvalue weighted by Crippen LogP contribution is 2.44. The Bertz CT molecular complexity index is 559. The van der Waals surface area contributed by atoms with Crippen LogP contribution in [-0.4, -0.2) is 28.8 Å². The molecule has 4 nitrogen and oxygen atoms in total. The molecular formula is C16H23F3N2O2. The highest BCUT2D eigenvalue weighted by molar-refractivity contribution is 5.19. The Morgan fingerprint density at radius 3 is 2.17 bits per heavy atom. The van der Waals surface area contributed by atoms with Crippen molar-refractivity contribution in [2.45, 2.75) is 69.9 Å². The summed E-state index contributed by atoms with van der Waals surface area (Å²) in [5.41, 5.74) is -0.636. The normalized spacial score (nSPS) is 22.9. The predicted octanol–water partition coefficient (Wildman–Crippen LogP) is 4.06. The predicted molar refractivity (Wildman–Crippen MR) is 78.1 cm³/mol. The van der Waals surface area contributed by atoms with Gasteiger partial charge in [0.1, 0.15) is 0 Å². The van der Waals surface area contributed by atoms with Crippen LogP contribution >= 0.6 is 0 Å². The standard InChI is InChI=1S/C16H23F3N2O2/c1-14(2,3)21-12(10-13(20-21)16(17,18)19)11-4-6-15(7-5-11)22-8-9-23-15/h10-11H,4-9H2,1-3H3. The summed E-state index contributed by atoms with van der Waals surface area (Å²) in [6.45, 7) is 6.82. The number of hydrogen-bond acceptors (Lipinski definition) is 3. The molecule has 0 N–H and O–H groups in total. The number of rotatable bonds is 1. The SMILES string of the molecule is CC(C)(C)n1nc(C(F)(F)F)cc1C1CCC2(CC1)OCCO2. The molecule has 0 aromatic carbocycles. The molecule has 1 aromatic heterocycles. The van der Waals surface area contributed by atoms with Gasteiger partial charge in [-0.1, -0.05) is 0 Å². The van der Waals surface area contributed by atoms with Gasteiger partial charge in [-0.25, -0.2) is 0 Å². The van der Waals surface area contributed by atoms with Crippen molar-refractivity contribution in [3.05, 3.63) is 17.5 Å². The van der Waals surface area contributed by atoms with Crippen molar-refractivity contribution in [2.75, 3.05) is 13.2 Å². The van der Waals surface area contributed by atoms with Gasteiger partial charge >= 0.3 is 6.18 Å². The van der Waals surface area contributed by atoms with Gasteiger partial charge < -0.3 is 9.47 Å².